The summed E-state index contributed by atoms with van der Waals surface area (Å²) < 4.78 is 13.6. The predicted molar refractivity (Wildman–Crippen MR) is 89.5 cm³/mol. The van der Waals surface area contributed by atoms with Gasteiger partial charge in [-0.3, -0.25) is 4.79 Å². The molecule has 0 radical (unpaired) electrons. The number of nitrogens with zero attached hydrogens (tertiary/aromatic N) is 2. The highest BCUT2D eigenvalue weighted by molar-refractivity contribution is 6.34. The molecule has 23 heavy (non-hydrogen) atoms. The summed E-state index contributed by atoms with van der Waals surface area (Å²) in [6.45, 7) is 5.42. The van der Waals surface area contributed by atoms with Crippen LogP contribution in [-0.2, 0) is 0 Å². The van der Waals surface area contributed by atoms with Crippen LogP contribution in [0.15, 0.2) is 18.2 Å². The number of hydrogen-bond donors (Lipinski definition) is 2. The van der Waals surface area contributed by atoms with E-state index in [0.717, 1.165) is 0 Å². The van der Waals surface area contributed by atoms with Gasteiger partial charge in [0.25, 0.3) is 5.91 Å². The van der Waals surface area contributed by atoms with Crippen molar-refractivity contribution in [1.29, 1.82) is 0 Å². The maximum absolute atomic E-state index is 13.6. The second-order valence-electron chi connectivity index (χ2n) is 6.03. The first kappa shape index (κ1) is 16.0. The van der Waals surface area contributed by atoms with Crippen molar-refractivity contribution >= 4 is 34.1 Å². The van der Waals surface area contributed by atoms with Crippen molar-refractivity contribution in [3.8, 4) is 0 Å². The van der Waals surface area contributed by atoms with E-state index in [-0.39, 0.29) is 22.8 Å². The average Bonchev–Trinajstić information content (AvgIpc) is 2.45. The average molecular weight is 337 g/mol. The standard InChI is InChI=1S/C16H18ClFN4O/c1-8-6-22(7-9(2)20-8)14-13(16(19)23)11-5-10(18)3-4-12(11)21-15(14)17/h3-5,8-9,20H,6-7H2,1-2H3,(H2,19,23)/t8-,9+. The number of primary amides is 1. The van der Waals surface area contributed by atoms with Gasteiger partial charge >= 0.3 is 0 Å². The summed E-state index contributed by atoms with van der Waals surface area (Å²) in [4.78, 5) is 18.4. The van der Waals surface area contributed by atoms with Crippen molar-refractivity contribution in [3.05, 3.63) is 34.7 Å². The van der Waals surface area contributed by atoms with Crippen molar-refractivity contribution in [1.82, 2.24) is 10.3 Å². The summed E-state index contributed by atoms with van der Waals surface area (Å²) in [5.74, 6) is -1.09. The van der Waals surface area contributed by atoms with Crippen LogP contribution in [-0.4, -0.2) is 36.1 Å². The Labute approximate surface area is 138 Å². The lowest BCUT2D eigenvalue weighted by atomic mass is 10.0. The SMILES string of the molecule is C[C@@H]1CN(c2c(Cl)nc3ccc(F)cc3c2C(N)=O)C[C@H](C)N1. The number of fused-ring (bicyclic) bond motifs is 1. The molecule has 7 heteroatoms. The summed E-state index contributed by atoms with van der Waals surface area (Å²) in [5.41, 5.74) is 6.74. The third-order valence-corrected chi connectivity index (χ3v) is 4.26. The molecule has 1 fully saturated rings. The molecule has 0 unspecified atom stereocenters. The molecule has 122 valence electrons. The molecule has 1 amide bonds. The fraction of sp³-hybridized carbons (Fsp3) is 0.375. The zero-order chi connectivity index (χ0) is 16.7. The van der Waals surface area contributed by atoms with Crippen LogP contribution < -0.4 is 16.0 Å². The van der Waals surface area contributed by atoms with E-state index >= 15 is 0 Å². The number of carbonyl (C=O) groups is 1. The number of nitrogens with two attached hydrogens (primary N) is 1. The first-order valence-electron chi connectivity index (χ1n) is 7.46. The molecule has 1 aromatic carbocycles. The molecule has 1 aromatic heterocycles. The molecule has 1 aliphatic heterocycles. The summed E-state index contributed by atoms with van der Waals surface area (Å²) in [6.07, 6.45) is 0. The molecule has 0 spiro atoms. The van der Waals surface area contributed by atoms with Crippen molar-refractivity contribution in [2.24, 2.45) is 5.73 Å². The maximum Gasteiger partial charge on any atom is 0.251 e. The molecule has 3 rings (SSSR count). The Kier molecular flexibility index (Phi) is 4.12. The van der Waals surface area contributed by atoms with Gasteiger partial charge in [0.2, 0.25) is 0 Å². The highest BCUT2D eigenvalue weighted by Crippen LogP contribution is 2.35. The number of anilines is 1. The molecule has 5 nitrogen and oxygen atoms in total. The molecule has 0 saturated carbocycles. The highest BCUT2D eigenvalue weighted by atomic mass is 35.5. The Bertz CT molecular complexity index is 772. The molecule has 2 heterocycles. The highest BCUT2D eigenvalue weighted by Gasteiger charge is 2.28. The Morgan fingerprint density at radius 1 is 1.39 bits per heavy atom. The summed E-state index contributed by atoms with van der Waals surface area (Å²) >= 11 is 6.35. The summed E-state index contributed by atoms with van der Waals surface area (Å²) in [6, 6.07) is 4.50. The van der Waals surface area contributed by atoms with E-state index in [1.807, 2.05) is 4.90 Å². The normalized spacial score (nSPS) is 21.7. The predicted octanol–water partition coefficient (Wildman–Crippen LogP) is 2.31. The fourth-order valence-electron chi connectivity index (χ4n) is 3.24. The number of rotatable bonds is 2. The number of pyridine rings is 1. The number of hydrogen-bond acceptors (Lipinski definition) is 4. The zero-order valence-corrected chi connectivity index (χ0v) is 13.7. The van der Waals surface area contributed by atoms with Gasteiger partial charge in [-0.2, -0.15) is 0 Å². The minimum Gasteiger partial charge on any atom is -0.366 e. The molecule has 3 N–H and O–H groups in total. The van der Waals surface area contributed by atoms with Crippen LogP contribution in [0.25, 0.3) is 10.9 Å². The Morgan fingerprint density at radius 3 is 2.65 bits per heavy atom. The minimum absolute atomic E-state index is 0.208. The quantitative estimate of drug-likeness (QED) is 0.826. The van der Waals surface area contributed by atoms with Gasteiger partial charge in [0, 0.05) is 30.6 Å². The molecule has 2 atom stereocenters. The number of aromatic nitrogens is 1. The molecular weight excluding hydrogens is 319 g/mol. The van der Waals surface area contributed by atoms with Crippen LogP contribution in [0.4, 0.5) is 10.1 Å². The van der Waals surface area contributed by atoms with Gasteiger partial charge in [0.1, 0.15) is 5.82 Å². The van der Waals surface area contributed by atoms with E-state index < -0.39 is 11.7 Å². The van der Waals surface area contributed by atoms with Crippen LogP contribution in [0, 0.1) is 5.82 Å². The van der Waals surface area contributed by atoms with E-state index in [4.69, 9.17) is 17.3 Å². The van der Waals surface area contributed by atoms with Crippen LogP contribution in [0.5, 0.6) is 0 Å². The molecule has 0 aliphatic carbocycles. The van der Waals surface area contributed by atoms with Gasteiger partial charge in [-0.15, -0.1) is 0 Å². The number of amides is 1. The lowest BCUT2D eigenvalue weighted by Gasteiger charge is -2.38. The van der Waals surface area contributed by atoms with E-state index in [2.05, 4.69) is 24.1 Å². The number of carbonyl (C=O) groups excluding carboxylic acids is 1. The Balaban J connectivity index is 2.24. The monoisotopic (exact) mass is 336 g/mol. The van der Waals surface area contributed by atoms with E-state index in [1.54, 1.807) is 0 Å². The Hall–Kier alpha value is -1.92. The van der Waals surface area contributed by atoms with Gasteiger partial charge in [-0.25, -0.2) is 9.37 Å². The van der Waals surface area contributed by atoms with Crippen LogP contribution in [0.3, 0.4) is 0 Å². The van der Waals surface area contributed by atoms with Crippen molar-refractivity contribution in [2.45, 2.75) is 25.9 Å². The van der Waals surface area contributed by atoms with Gasteiger partial charge < -0.3 is 16.0 Å². The summed E-state index contributed by atoms with van der Waals surface area (Å²) in [5, 5.41) is 4.00. The largest absolute Gasteiger partial charge is 0.366 e. The number of piperazine rings is 1. The smallest absolute Gasteiger partial charge is 0.251 e. The van der Waals surface area contributed by atoms with Crippen molar-refractivity contribution in [2.75, 3.05) is 18.0 Å². The fourth-order valence-corrected chi connectivity index (χ4v) is 3.55. The van der Waals surface area contributed by atoms with E-state index in [9.17, 15) is 9.18 Å². The molecule has 2 aromatic rings. The molecule has 1 saturated heterocycles. The molecule has 1 aliphatic rings. The van der Waals surface area contributed by atoms with E-state index in [1.165, 1.54) is 18.2 Å². The molecule has 0 bridgehead atoms. The van der Waals surface area contributed by atoms with Crippen LogP contribution in [0.1, 0.15) is 24.2 Å². The number of halogens is 2. The van der Waals surface area contributed by atoms with E-state index in [0.29, 0.717) is 29.7 Å². The first-order chi connectivity index (χ1) is 10.9. The Morgan fingerprint density at radius 2 is 2.04 bits per heavy atom. The first-order valence-corrected chi connectivity index (χ1v) is 7.84. The topological polar surface area (TPSA) is 71.2 Å². The summed E-state index contributed by atoms with van der Waals surface area (Å²) in [7, 11) is 0. The third kappa shape index (κ3) is 2.96. The second-order valence-corrected chi connectivity index (χ2v) is 6.38. The molecular formula is C16H18ClFN4O. The lowest BCUT2D eigenvalue weighted by Crippen LogP contribution is -2.54. The van der Waals surface area contributed by atoms with Gasteiger partial charge in [-0.05, 0) is 32.0 Å². The second kappa shape index (κ2) is 5.94. The maximum atomic E-state index is 13.6. The van der Waals surface area contributed by atoms with Gasteiger partial charge in [-0.1, -0.05) is 11.6 Å². The van der Waals surface area contributed by atoms with Crippen LogP contribution in [0.2, 0.25) is 5.15 Å². The third-order valence-electron chi connectivity index (χ3n) is 4.00. The van der Waals surface area contributed by atoms with Crippen molar-refractivity contribution < 1.29 is 9.18 Å². The van der Waals surface area contributed by atoms with Crippen molar-refractivity contribution in [3.63, 3.8) is 0 Å². The number of benzene rings is 1. The lowest BCUT2D eigenvalue weighted by molar-refractivity contribution is 0.100. The zero-order valence-electron chi connectivity index (χ0n) is 12.9. The minimum atomic E-state index is -0.640. The van der Waals surface area contributed by atoms with Gasteiger partial charge in [0.15, 0.2) is 5.15 Å². The van der Waals surface area contributed by atoms with Crippen LogP contribution >= 0.6 is 11.6 Å². The number of nitrogens with one attached hydrogen (secondary N) is 1. The van der Waals surface area contributed by atoms with Gasteiger partial charge in [0.05, 0.1) is 16.8 Å².